The van der Waals surface area contributed by atoms with Gasteiger partial charge in [0.15, 0.2) is 0 Å². The molecule has 1 amide bonds. The molecule has 120 valence electrons. The van der Waals surface area contributed by atoms with Gasteiger partial charge >= 0.3 is 5.97 Å². The van der Waals surface area contributed by atoms with E-state index < -0.39 is 11.9 Å². The molecule has 0 heterocycles. The lowest BCUT2D eigenvalue weighted by molar-refractivity contribution is -0.152. The van der Waals surface area contributed by atoms with E-state index in [1.807, 2.05) is 24.3 Å². The molecule has 2 atom stereocenters. The van der Waals surface area contributed by atoms with Crippen molar-refractivity contribution in [3.8, 4) is 5.75 Å². The van der Waals surface area contributed by atoms with E-state index in [-0.39, 0.29) is 11.8 Å². The van der Waals surface area contributed by atoms with Gasteiger partial charge in [-0.25, -0.2) is 0 Å². The Morgan fingerprint density at radius 3 is 2.73 bits per heavy atom. The first-order valence-electron chi connectivity index (χ1n) is 7.84. The summed E-state index contributed by atoms with van der Waals surface area (Å²) in [5, 5.41) is 11.8. The zero-order chi connectivity index (χ0) is 15.9. The molecule has 0 aliphatic heterocycles. The number of aliphatic carboxylic acids is 1. The van der Waals surface area contributed by atoms with Gasteiger partial charge in [0, 0.05) is 6.54 Å². The van der Waals surface area contributed by atoms with Crippen LogP contribution in [0.15, 0.2) is 24.3 Å². The van der Waals surface area contributed by atoms with Gasteiger partial charge in [-0.1, -0.05) is 25.5 Å². The molecule has 2 rings (SSSR count). The number of carbonyl (C=O) groups is 2. The lowest BCUT2D eigenvalue weighted by Crippen LogP contribution is -2.43. The highest BCUT2D eigenvalue weighted by Crippen LogP contribution is 2.34. The number of hydrogen-bond donors (Lipinski definition) is 2. The summed E-state index contributed by atoms with van der Waals surface area (Å²) in [6.07, 6.45) is 3.35. The maximum atomic E-state index is 12.0. The van der Waals surface area contributed by atoms with Gasteiger partial charge in [-0.05, 0) is 37.0 Å². The van der Waals surface area contributed by atoms with E-state index in [1.54, 1.807) is 0 Å². The van der Waals surface area contributed by atoms with Crippen LogP contribution in [0.4, 0.5) is 0 Å². The highest BCUT2D eigenvalue weighted by atomic mass is 16.5. The SMILES string of the molecule is CCCCOc1cccc(CNC(=O)C2CCC2C(=O)O)c1. The van der Waals surface area contributed by atoms with Gasteiger partial charge in [-0.2, -0.15) is 0 Å². The van der Waals surface area contributed by atoms with E-state index in [1.165, 1.54) is 0 Å². The first-order chi connectivity index (χ1) is 10.6. The van der Waals surface area contributed by atoms with Gasteiger partial charge in [-0.15, -0.1) is 0 Å². The number of hydrogen-bond acceptors (Lipinski definition) is 3. The summed E-state index contributed by atoms with van der Waals surface area (Å²) in [5.41, 5.74) is 0.952. The van der Waals surface area contributed by atoms with E-state index in [0.717, 1.165) is 24.2 Å². The van der Waals surface area contributed by atoms with Crippen LogP contribution < -0.4 is 10.1 Å². The summed E-state index contributed by atoms with van der Waals surface area (Å²) >= 11 is 0. The monoisotopic (exact) mass is 305 g/mol. The van der Waals surface area contributed by atoms with E-state index in [9.17, 15) is 9.59 Å². The average Bonchev–Trinajstić information content (AvgIpc) is 2.44. The molecule has 1 aromatic rings. The molecule has 22 heavy (non-hydrogen) atoms. The number of ether oxygens (including phenoxy) is 1. The Balaban J connectivity index is 1.82. The molecule has 2 unspecified atom stereocenters. The Bertz CT molecular complexity index is 529. The van der Waals surface area contributed by atoms with Crippen molar-refractivity contribution in [1.82, 2.24) is 5.32 Å². The van der Waals surface area contributed by atoms with Gasteiger partial charge in [0.1, 0.15) is 5.75 Å². The predicted octanol–water partition coefficient (Wildman–Crippen LogP) is 2.59. The largest absolute Gasteiger partial charge is 0.494 e. The second-order valence-electron chi connectivity index (χ2n) is 5.70. The van der Waals surface area contributed by atoms with Crippen LogP contribution in [0.3, 0.4) is 0 Å². The molecule has 1 saturated carbocycles. The Labute approximate surface area is 130 Å². The summed E-state index contributed by atoms with van der Waals surface area (Å²) in [7, 11) is 0. The summed E-state index contributed by atoms with van der Waals surface area (Å²) in [5.74, 6) is -1.16. The van der Waals surface area contributed by atoms with Gasteiger partial charge < -0.3 is 15.2 Å². The summed E-state index contributed by atoms with van der Waals surface area (Å²) in [6, 6.07) is 7.62. The molecule has 5 nitrogen and oxygen atoms in total. The Kier molecular flexibility index (Phi) is 5.81. The second-order valence-corrected chi connectivity index (χ2v) is 5.70. The van der Waals surface area contributed by atoms with Gasteiger partial charge in [-0.3, -0.25) is 9.59 Å². The second kappa shape index (κ2) is 7.82. The average molecular weight is 305 g/mol. The van der Waals surface area contributed by atoms with Crippen molar-refractivity contribution < 1.29 is 19.4 Å². The van der Waals surface area contributed by atoms with Crippen molar-refractivity contribution in [2.75, 3.05) is 6.61 Å². The molecule has 1 aromatic carbocycles. The molecule has 1 fully saturated rings. The standard InChI is InChI=1S/C17H23NO4/c1-2-3-9-22-13-6-4-5-12(10-13)11-18-16(19)14-7-8-15(14)17(20)21/h4-6,10,14-15H,2-3,7-9,11H2,1H3,(H,18,19)(H,20,21). The minimum absolute atomic E-state index is 0.170. The number of benzene rings is 1. The highest BCUT2D eigenvalue weighted by Gasteiger charge is 2.41. The van der Waals surface area contributed by atoms with Crippen molar-refractivity contribution >= 4 is 11.9 Å². The van der Waals surface area contributed by atoms with Gasteiger partial charge in [0.05, 0.1) is 18.4 Å². The smallest absolute Gasteiger partial charge is 0.307 e. The van der Waals surface area contributed by atoms with Crippen LogP contribution >= 0.6 is 0 Å². The van der Waals surface area contributed by atoms with Crippen LogP contribution in [0.25, 0.3) is 0 Å². The molecule has 1 aliphatic carbocycles. The molecule has 0 radical (unpaired) electrons. The third kappa shape index (κ3) is 4.23. The van der Waals surface area contributed by atoms with Crippen molar-refractivity contribution in [3.63, 3.8) is 0 Å². The third-order valence-electron chi connectivity index (χ3n) is 4.06. The Morgan fingerprint density at radius 1 is 1.32 bits per heavy atom. The third-order valence-corrected chi connectivity index (χ3v) is 4.06. The summed E-state index contributed by atoms with van der Waals surface area (Å²) in [4.78, 5) is 22.9. The molecule has 2 N–H and O–H groups in total. The minimum Gasteiger partial charge on any atom is -0.494 e. The van der Waals surface area contributed by atoms with Gasteiger partial charge in [0.2, 0.25) is 5.91 Å². The molecular formula is C17H23NO4. The topological polar surface area (TPSA) is 75.6 Å². The van der Waals surface area contributed by atoms with Crippen LogP contribution in [0.1, 0.15) is 38.2 Å². The maximum absolute atomic E-state index is 12.0. The quantitative estimate of drug-likeness (QED) is 0.724. The fourth-order valence-electron chi connectivity index (χ4n) is 2.51. The number of rotatable bonds is 8. The first-order valence-corrected chi connectivity index (χ1v) is 7.84. The lowest BCUT2D eigenvalue weighted by atomic mass is 9.73. The van der Waals surface area contributed by atoms with Crippen molar-refractivity contribution in [1.29, 1.82) is 0 Å². The van der Waals surface area contributed by atoms with Crippen molar-refractivity contribution in [2.24, 2.45) is 11.8 Å². The fourth-order valence-corrected chi connectivity index (χ4v) is 2.51. The Hall–Kier alpha value is -2.04. The van der Waals surface area contributed by atoms with E-state index >= 15 is 0 Å². The van der Waals surface area contributed by atoms with Crippen LogP contribution in [-0.4, -0.2) is 23.6 Å². The first kappa shape index (κ1) is 16.3. The van der Waals surface area contributed by atoms with Crippen molar-refractivity contribution in [3.05, 3.63) is 29.8 Å². The van der Waals surface area contributed by atoms with E-state index in [0.29, 0.717) is 26.0 Å². The number of unbranched alkanes of at least 4 members (excludes halogenated alkanes) is 1. The number of carbonyl (C=O) groups excluding carboxylic acids is 1. The van der Waals surface area contributed by atoms with Gasteiger partial charge in [0.25, 0.3) is 0 Å². The lowest BCUT2D eigenvalue weighted by Gasteiger charge is -2.31. The van der Waals surface area contributed by atoms with Crippen LogP contribution in [0.2, 0.25) is 0 Å². The van der Waals surface area contributed by atoms with Crippen LogP contribution in [0.5, 0.6) is 5.75 Å². The van der Waals surface area contributed by atoms with Crippen LogP contribution in [0, 0.1) is 11.8 Å². The Morgan fingerprint density at radius 2 is 2.09 bits per heavy atom. The molecular weight excluding hydrogens is 282 g/mol. The maximum Gasteiger partial charge on any atom is 0.307 e. The molecule has 0 aromatic heterocycles. The molecule has 0 spiro atoms. The number of carboxylic acids is 1. The summed E-state index contributed by atoms with van der Waals surface area (Å²) < 4.78 is 5.63. The minimum atomic E-state index is -0.877. The molecule has 1 aliphatic rings. The zero-order valence-electron chi connectivity index (χ0n) is 12.9. The number of nitrogens with one attached hydrogen (secondary N) is 1. The fraction of sp³-hybridized carbons (Fsp3) is 0.529. The number of carboxylic acid groups (broad SMARTS) is 1. The predicted molar refractivity (Wildman–Crippen MR) is 82.5 cm³/mol. The zero-order valence-corrected chi connectivity index (χ0v) is 12.9. The van der Waals surface area contributed by atoms with E-state index in [2.05, 4.69) is 12.2 Å². The number of amides is 1. The highest BCUT2D eigenvalue weighted by molar-refractivity contribution is 5.86. The summed E-state index contributed by atoms with van der Waals surface area (Å²) in [6.45, 7) is 3.20. The van der Waals surface area contributed by atoms with E-state index in [4.69, 9.17) is 9.84 Å². The molecule has 0 saturated heterocycles. The molecule has 0 bridgehead atoms. The normalized spacial score (nSPS) is 20.0. The van der Waals surface area contributed by atoms with Crippen molar-refractivity contribution in [2.45, 2.75) is 39.2 Å². The van der Waals surface area contributed by atoms with Crippen LogP contribution in [-0.2, 0) is 16.1 Å². The molecule has 5 heteroatoms.